The van der Waals surface area contributed by atoms with Crippen molar-refractivity contribution >= 4 is 15.9 Å². The monoisotopic (exact) mass is 350 g/mol. The first-order valence-electron chi connectivity index (χ1n) is 7.48. The molecule has 0 saturated heterocycles. The lowest BCUT2D eigenvalue weighted by Gasteiger charge is -2.23. The van der Waals surface area contributed by atoms with E-state index in [1.807, 2.05) is 48.1 Å². The van der Waals surface area contributed by atoms with Gasteiger partial charge in [0.05, 0.1) is 17.3 Å². The lowest BCUT2D eigenvalue weighted by atomic mass is 9.91. The maximum Gasteiger partial charge on any atom is 0.0924 e. The summed E-state index contributed by atoms with van der Waals surface area (Å²) >= 11 is 3.42. The van der Waals surface area contributed by atoms with Gasteiger partial charge in [-0.05, 0) is 43.5 Å². The van der Waals surface area contributed by atoms with Gasteiger partial charge < -0.3 is 5.11 Å². The molecule has 2 rings (SSSR count). The van der Waals surface area contributed by atoms with Crippen molar-refractivity contribution in [1.82, 2.24) is 9.78 Å². The highest BCUT2D eigenvalue weighted by Gasteiger charge is 2.25. The van der Waals surface area contributed by atoms with Gasteiger partial charge in [0.25, 0.3) is 0 Å². The van der Waals surface area contributed by atoms with Crippen molar-refractivity contribution in [2.24, 2.45) is 0 Å². The summed E-state index contributed by atoms with van der Waals surface area (Å²) in [5, 5.41) is 15.4. The van der Waals surface area contributed by atoms with E-state index in [0.717, 1.165) is 28.6 Å². The molecule has 0 bridgehead atoms. The van der Waals surface area contributed by atoms with Gasteiger partial charge in [-0.2, -0.15) is 5.10 Å². The van der Waals surface area contributed by atoms with E-state index < -0.39 is 5.60 Å². The van der Waals surface area contributed by atoms with Gasteiger partial charge in [0.15, 0.2) is 0 Å². The van der Waals surface area contributed by atoms with E-state index in [9.17, 15) is 5.11 Å². The second kappa shape index (κ2) is 6.75. The summed E-state index contributed by atoms with van der Waals surface area (Å²) in [6.45, 7) is 6.19. The Morgan fingerprint density at radius 1 is 1.19 bits per heavy atom. The quantitative estimate of drug-likeness (QED) is 0.835. The van der Waals surface area contributed by atoms with Crippen LogP contribution in [0.5, 0.6) is 0 Å². The normalized spacial score (nSPS) is 14.4. The van der Waals surface area contributed by atoms with E-state index in [1.54, 1.807) is 0 Å². The molecular weight excluding hydrogens is 328 g/mol. The van der Waals surface area contributed by atoms with Crippen molar-refractivity contribution in [3.63, 3.8) is 0 Å². The van der Waals surface area contributed by atoms with Crippen molar-refractivity contribution in [2.75, 3.05) is 0 Å². The van der Waals surface area contributed by atoms with Gasteiger partial charge in [0.2, 0.25) is 0 Å². The van der Waals surface area contributed by atoms with Crippen molar-refractivity contribution in [1.29, 1.82) is 0 Å². The first kappa shape index (κ1) is 16.2. The largest absolute Gasteiger partial charge is 0.385 e. The Morgan fingerprint density at radius 2 is 1.81 bits per heavy atom. The Labute approximate surface area is 135 Å². The predicted octanol–water partition coefficient (Wildman–Crippen LogP) is 4.46. The fraction of sp³-hybridized carbons (Fsp3) is 0.471. The van der Waals surface area contributed by atoms with Crippen LogP contribution in [-0.2, 0) is 12.0 Å². The number of hydrogen-bond acceptors (Lipinski definition) is 2. The number of halogens is 1. The van der Waals surface area contributed by atoms with Crippen LogP contribution < -0.4 is 0 Å². The third kappa shape index (κ3) is 3.95. The first-order chi connectivity index (χ1) is 9.96. The second-order valence-electron chi connectivity index (χ2n) is 5.71. The molecule has 3 nitrogen and oxygen atoms in total. The van der Waals surface area contributed by atoms with Gasteiger partial charge in [0.1, 0.15) is 0 Å². The van der Waals surface area contributed by atoms with Gasteiger partial charge in [-0.15, -0.1) is 0 Å². The highest BCUT2D eigenvalue weighted by molar-refractivity contribution is 9.10. The van der Waals surface area contributed by atoms with Gasteiger partial charge >= 0.3 is 0 Å². The lowest BCUT2D eigenvalue weighted by molar-refractivity contribution is 0.0563. The first-order valence-corrected chi connectivity index (χ1v) is 8.28. The van der Waals surface area contributed by atoms with Crippen LogP contribution in [0.2, 0.25) is 0 Å². The standard InChI is InChI=1S/C17H23BrN2O/c1-4-16(5-2)20-11-10-15(19-20)12-17(3,21)13-6-8-14(18)9-7-13/h6-11,16,21H,4-5,12H2,1-3H3. The van der Waals surface area contributed by atoms with Crippen molar-refractivity contribution in [3.05, 3.63) is 52.3 Å². The molecule has 4 heteroatoms. The minimum Gasteiger partial charge on any atom is -0.385 e. The Hall–Kier alpha value is -1.13. The smallest absolute Gasteiger partial charge is 0.0924 e. The minimum absolute atomic E-state index is 0.441. The van der Waals surface area contributed by atoms with Crippen LogP contribution in [0.4, 0.5) is 0 Å². The maximum atomic E-state index is 10.7. The molecule has 1 heterocycles. The van der Waals surface area contributed by atoms with Crippen LogP contribution in [0.25, 0.3) is 0 Å². The fourth-order valence-corrected chi connectivity index (χ4v) is 2.87. The number of hydrogen-bond donors (Lipinski definition) is 1. The van der Waals surface area contributed by atoms with Crippen molar-refractivity contribution < 1.29 is 5.11 Å². The summed E-state index contributed by atoms with van der Waals surface area (Å²) in [6.07, 6.45) is 4.67. The van der Waals surface area contributed by atoms with Gasteiger partial charge in [-0.3, -0.25) is 4.68 Å². The summed E-state index contributed by atoms with van der Waals surface area (Å²) in [6, 6.07) is 10.2. The van der Waals surface area contributed by atoms with Crippen LogP contribution in [0.3, 0.4) is 0 Å². The Kier molecular flexibility index (Phi) is 5.22. The maximum absolute atomic E-state index is 10.7. The predicted molar refractivity (Wildman–Crippen MR) is 89.3 cm³/mol. The molecular formula is C17H23BrN2O. The van der Waals surface area contributed by atoms with Crippen LogP contribution >= 0.6 is 15.9 Å². The highest BCUT2D eigenvalue weighted by Crippen LogP contribution is 2.26. The molecule has 0 amide bonds. The molecule has 1 atom stereocenters. The fourth-order valence-electron chi connectivity index (χ4n) is 2.60. The topological polar surface area (TPSA) is 38.0 Å². The molecule has 0 radical (unpaired) electrons. The van der Waals surface area contributed by atoms with E-state index >= 15 is 0 Å². The molecule has 1 N–H and O–H groups in total. The number of aliphatic hydroxyl groups is 1. The molecule has 21 heavy (non-hydrogen) atoms. The second-order valence-corrected chi connectivity index (χ2v) is 6.63. The zero-order valence-corrected chi connectivity index (χ0v) is 14.5. The lowest BCUT2D eigenvalue weighted by Crippen LogP contribution is -2.24. The molecule has 1 aromatic heterocycles. The molecule has 0 spiro atoms. The molecule has 1 unspecified atom stereocenters. The molecule has 114 valence electrons. The third-order valence-corrected chi connectivity index (χ3v) is 4.50. The van der Waals surface area contributed by atoms with Crippen molar-refractivity contribution in [2.45, 2.75) is 51.7 Å². The van der Waals surface area contributed by atoms with Gasteiger partial charge in [-0.25, -0.2) is 0 Å². The average molecular weight is 351 g/mol. The molecule has 1 aromatic carbocycles. The van der Waals surface area contributed by atoms with Crippen LogP contribution in [0, 0.1) is 0 Å². The molecule has 0 saturated carbocycles. The third-order valence-electron chi connectivity index (χ3n) is 3.97. The summed E-state index contributed by atoms with van der Waals surface area (Å²) in [4.78, 5) is 0. The SMILES string of the molecule is CCC(CC)n1ccc(CC(C)(O)c2ccc(Br)cc2)n1. The number of aromatic nitrogens is 2. The number of rotatable bonds is 6. The zero-order valence-electron chi connectivity index (χ0n) is 12.9. The highest BCUT2D eigenvalue weighted by atomic mass is 79.9. The molecule has 0 aliphatic rings. The Balaban J connectivity index is 2.15. The Morgan fingerprint density at radius 3 is 2.38 bits per heavy atom. The van der Waals surface area contributed by atoms with E-state index in [1.165, 1.54) is 0 Å². The Bertz CT molecular complexity index is 571. The summed E-state index contributed by atoms with van der Waals surface area (Å²) in [7, 11) is 0. The van der Waals surface area contributed by atoms with Crippen LogP contribution in [0.1, 0.15) is 50.9 Å². The molecule has 0 fully saturated rings. The summed E-state index contributed by atoms with van der Waals surface area (Å²) in [5.74, 6) is 0. The average Bonchev–Trinajstić information content (AvgIpc) is 2.88. The van der Waals surface area contributed by atoms with Crippen molar-refractivity contribution in [3.8, 4) is 0 Å². The summed E-state index contributed by atoms with van der Waals surface area (Å²) in [5.41, 5.74) is 0.922. The summed E-state index contributed by atoms with van der Waals surface area (Å²) < 4.78 is 3.03. The van der Waals surface area contributed by atoms with Gasteiger partial charge in [-0.1, -0.05) is 41.9 Å². The van der Waals surface area contributed by atoms with E-state index in [0.29, 0.717) is 12.5 Å². The number of nitrogens with zero attached hydrogens (tertiary/aromatic N) is 2. The molecule has 0 aliphatic carbocycles. The molecule has 2 aromatic rings. The minimum atomic E-state index is -0.909. The molecule has 0 aliphatic heterocycles. The van der Waals surface area contributed by atoms with Crippen LogP contribution in [0.15, 0.2) is 41.0 Å². The zero-order chi connectivity index (χ0) is 15.5. The van der Waals surface area contributed by atoms with Crippen LogP contribution in [-0.4, -0.2) is 14.9 Å². The van der Waals surface area contributed by atoms with E-state index in [-0.39, 0.29) is 0 Å². The van der Waals surface area contributed by atoms with Gasteiger partial charge in [0, 0.05) is 17.1 Å². The van der Waals surface area contributed by atoms with E-state index in [4.69, 9.17) is 0 Å². The van der Waals surface area contributed by atoms with E-state index in [2.05, 4.69) is 34.9 Å². The number of benzene rings is 1.